The predicted molar refractivity (Wildman–Crippen MR) is 100 cm³/mol. The van der Waals surface area contributed by atoms with Gasteiger partial charge < -0.3 is 14.5 Å². The quantitative estimate of drug-likeness (QED) is 0.755. The van der Waals surface area contributed by atoms with E-state index in [0.29, 0.717) is 6.10 Å². The van der Waals surface area contributed by atoms with Crippen molar-refractivity contribution in [3.05, 3.63) is 35.4 Å². The molecule has 1 aromatic rings. The van der Waals surface area contributed by atoms with E-state index in [1.165, 1.54) is 75.8 Å². The van der Waals surface area contributed by atoms with Crippen LogP contribution in [0.4, 0.5) is 0 Å². The van der Waals surface area contributed by atoms with Crippen LogP contribution in [0.25, 0.3) is 0 Å². The number of hydrogen-bond acceptors (Lipinski definition) is 3. The normalized spacial score (nSPS) is 20.6. The van der Waals surface area contributed by atoms with Crippen LogP contribution in [-0.2, 0) is 11.3 Å². The molecule has 0 aliphatic carbocycles. The van der Waals surface area contributed by atoms with Gasteiger partial charge in [-0.25, -0.2) is 0 Å². The lowest BCUT2D eigenvalue weighted by Gasteiger charge is -2.34. The van der Waals surface area contributed by atoms with E-state index in [-0.39, 0.29) is 0 Å². The molecule has 0 bridgehead atoms. The number of aryl methyl sites for hydroxylation is 1. The highest BCUT2D eigenvalue weighted by atomic mass is 16.5. The highest BCUT2D eigenvalue weighted by molar-refractivity contribution is 5.24. The lowest BCUT2D eigenvalue weighted by atomic mass is 10.1. The van der Waals surface area contributed by atoms with E-state index in [0.717, 1.165) is 19.7 Å². The van der Waals surface area contributed by atoms with Crippen LogP contribution in [0, 0.1) is 6.92 Å². The van der Waals surface area contributed by atoms with Crippen LogP contribution in [0.2, 0.25) is 0 Å². The number of likely N-dealkylation sites (tertiary alicyclic amines) is 2. The summed E-state index contributed by atoms with van der Waals surface area (Å²) in [6.07, 6.45) is 8.56. The minimum atomic E-state index is 0.334. The van der Waals surface area contributed by atoms with Crippen LogP contribution in [0.1, 0.15) is 49.7 Å². The maximum absolute atomic E-state index is 6.43. The van der Waals surface area contributed by atoms with E-state index >= 15 is 0 Å². The van der Waals surface area contributed by atoms with E-state index in [2.05, 4.69) is 41.0 Å². The van der Waals surface area contributed by atoms with Crippen molar-refractivity contribution in [3.8, 4) is 0 Å². The molecule has 2 aliphatic heterocycles. The first-order chi connectivity index (χ1) is 11.8. The number of rotatable bonds is 7. The van der Waals surface area contributed by atoms with Gasteiger partial charge in [-0.2, -0.15) is 0 Å². The molecule has 0 aromatic heterocycles. The summed E-state index contributed by atoms with van der Waals surface area (Å²) in [5.74, 6) is 0. The summed E-state index contributed by atoms with van der Waals surface area (Å²) in [7, 11) is 0. The molecule has 3 heteroatoms. The van der Waals surface area contributed by atoms with Crippen molar-refractivity contribution in [2.75, 3.05) is 39.3 Å². The molecule has 0 spiro atoms. The summed E-state index contributed by atoms with van der Waals surface area (Å²) in [5.41, 5.74) is 2.67. The number of ether oxygens (including phenoxy) is 1. The van der Waals surface area contributed by atoms with E-state index in [1.807, 2.05) is 0 Å². The molecule has 2 saturated heterocycles. The van der Waals surface area contributed by atoms with Crippen molar-refractivity contribution >= 4 is 0 Å². The zero-order valence-corrected chi connectivity index (χ0v) is 15.4. The van der Waals surface area contributed by atoms with Crippen molar-refractivity contribution in [3.63, 3.8) is 0 Å². The summed E-state index contributed by atoms with van der Waals surface area (Å²) < 4.78 is 6.43. The Morgan fingerprint density at radius 3 is 1.92 bits per heavy atom. The molecule has 2 aliphatic rings. The van der Waals surface area contributed by atoms with Gasteiger partial charge in [-0.05, 0) is 69.9 Å². The average Bonchev–Trinajstić information content (AvgIpc) is 2.62. The second-order valence-electron chi connectivity index (χ2n) is 7.58. The maximum Gasteiger partial charge on any atom is 0.0833 e. The van der Waals surface area contributed by atoms with E-state index in [1.54, 1.807) is 0 Å². The first-order valence-corrected chi connectivity index (χ1v) is 9.92. The first kappa shape index (κ1) is 17.9. The smallest absolute Gasteiger partial charge is 0.0833 e. The zero-order valence-electron chi connectivity index (χ0n) is 15.4. The van der Waals surface area contributed by atoms with Gasteiger partial charge in [0.2, 0.25) is 0 Å². The van der Waals surface area contributed by atoms with Gasteiger partial charge in [0.1, 0.15) is 0 Å². The molecule has 3 nitrogen and oxygen atoms in total. The van der Waals surface area contributed by atoms with Gasteiger partial charge in [0.25, 0.3) is 0 Å². The summed E-state index contributed by atoms with van der Waals surface area (Å²) in [6.45, 7) is 10.1. The van der Waals surface area contributed by atoms with Gasteiger partial charge in [0.15, 0.2) is 0 Å². The SMILES string of the molecule is Cc1ccccc1COC(CN1CCCCC1)CN1CCCCC1. The van der Waals surface area contributed by atoms with Crippen molar-refractivity contribution in [2.45, 2.75) is 58.2 Å². The number of hydrogen-bond donors (Lipinski definition) is 0. The van der Waals surface area contributed by atoms with E-state index in [9.17, 15) is 0 Å². The number of benzene rings is 1. The third-order valence-electron chi connectivity index (χ3n) is 5.56. The molecule has 0 amide bonds. The molecule has 2 fully saturated rings. The van der Waals surface area contributed by atoms with Crippen LogP contribution in [0.3, 0.4) is 0 Å². The zero-order chi connectivity index (χ0) is 16.6. The monoisotopic (exact) mass is 330 g/mol. The van der Waals surface area contributed by atoms with Crippen molar-refractivity contribution < 1.29 is 4.74 Å². The lowest BCUT2D eigenvalue weighted by molar-refractivity contribution is -0.0119. The summed E-state index contributed by atoms with van der Waals surface area (Å²) in [5, 5.41) is 0. The molecular formula is C21H34N2O. The Hall–Kier alpha value is -0.900. The lowest BCUT2D eigenvalue weighted by Crippen LogP contribution is -2.44. The van der Waals surface area contributed by atoms with Crippen LogP contribution < -0.4 is 0 Å². The van der Waals surface area contributed by atoms with Crippen LogP contribution in [0.15, 0.2) is 24.3 Å². The minimum absolute atomic E-state index is 0.334. The third kappa shape index (κ3) is 5.58. The number of piperidine rings is 2. The van der Waals surface area contributed by atoms with Crippen LogP contribution >= 0.6 is 0 Å². The second-order valence-corrected chi connectivity index (χ2v) is 7.58. The fourth-order valence-electron chi connectivity index (χ4n) is 4.00. The largest absolute Gasteiger partial charge is 0.371 e. The molecular weight excluding hydrogens is 296 g/mol. The molecule has 0 atom stereocenters. The van der Waals surface area contributed by atoms with Crippen molar-refractivity contribution in [1.82, 2.24) is 9.80 Å². The highest BCUT2D eigenvalue weighted by Gasteiger charge is 2.21. The molecule has 24 heavy (non-hydrogen) atoms. The van der Waals surface area contributed by atoms with E-state index in [4.69, 9.17) is 4.74 Å². The molecule has 0 unspecified atom stereocenters. The van der Waals surface area contributed by atoms with Crippen LogP contribution in [0.5, 0.6) is 0 Å². The molecule has 0 saturated carbocycles. The van der Waals surface area contributed by atoms with Gasteiger partial charge in [0, 0.05) is 13.1 Å². The Bertz CT molecular complexity index is 458. The van der Waals surface area contributed by atoms with Gasteiger partial charge >= 0.3 is 0 Å². The minimum Gasteiger partial charge on any atom is -0.371 e. The molecule has 1 aromatic carbocycles. The summed E-state index contributed by atoms with van der Waals surface area (Å²) in [4.78, 5) is 5.24. The Morgan fingerprint density at radius 2 is 1.38 bits per heavy atom. The van der Waals surface area contributed by atoms with Gasteiger partial charge in [0.05, 0.1) is 12.7 Å². The first-order valence-electron chi connectivity index (χ1n) is 9.92. The predicted octanol–water partition coefficient (Wildman–Crippen LogP) is 3.85. The summed E-state index contributed by atoms with van der Waals surface area (Å²) >= 11 is 0. The fraction of sp³-hybridized carbons (Fsp3) is 0.714. The Labute approximate surface area is 148 Å². The molecule has 3 rings (SSSR count). The van der Waals surface area contributed by atoms with Gasteiger partial charge in [-0.15, -0.1) is 0 Å². The Kier molecular flexibility index (Phi) is 7.13. The van der Waals surface area contributed by atoms with Gasteiger partial charge in [-0.3, -0.25) is 0 Å². The second kappa shape index (κ2) is 9.55. The topological polar surface area (TPSA) is 15.7 Å². The molecule has 0 radical (unpaired) electrons. The fourth-order valence-corrected chi connectivity index (χ4v) is 4.00. The van der Waals surface area contributed by atoms with E-state index < -0.39 is 0 Å². The maximum atomic E-state index is 6.43. The molecule has 0 N–H and O–H groups in total. The standard InChI is InChI=1S/C21H34N2O/c1-19-10-4-5-11-20(19)18-24-21(16-22-12-6-2-7-13-22)17-23-14-8-3-9-15-23/h4-5,10-11,21H,2-3,6-9,12-18H2,1H3. The Balaban J connectivity index is 1.56. The summed E-state index contributed by atoms with van der Waals surface area (Å²) in [6, 6.07) is 8.62. The third-order valence-corrected chi connectivity index (χ3v) is 5.56. The van der Waals surface area contributed by atoms with Crippen LogP contribution in [-0.4, -0.2) is 55.2 Å². The number of nitrogens with zero attached hydrogens (tertiary/aromatic N) is 2. The molecule has 2 heterocycles. The molecule has 134 valence electrons. The highest BCUT2D eigenvalue weighted by Crippen LogP contribution is 2.16. The average molecular weight is 331 g/mol. The van der Waals surface area contributed by atoms with Gasteiger partial charge in [-0.1, -0.05) is 37.1 Å². The van der Waals surface area contributed by atoms with Crippen molar-refractivity contribution in [2.24, 2.45) is 0 Å². The Morgan fingerprint density at radius 1 is 0.833 bits per heavy atom. The van der Waals surface area contributed by atoms with Crippen molar-refractivity contribution in [1.29, 1.82) is 0 Å².